The molecule has 1 aliphatic heterocycles. The molecule has 0 unspecified atom stereocenters. The summed E-state index contributed by atoms with van der Waals surface area (Å²) in [5.74, 6) is 0. The predicted molar refractivity (Wildman–Crippen MR) is 108 cm³/mol. The average Bonchev–Trinajstić information content (AvgIpc) is 2.93. The van der Waals surface area contributed by atoms with Gasteiger partial charge in [-0.2, -0.15) is 5.26 Å². The average molecular weight is 339 g/mol. The third-order valence-electron chi connectivity index (χ3n) is 5.25. The predicted octanol–water partition coefficient (Wildman–Crippen LogP) is 5.47. The second kappa shape index (κ2) is 6.24. The molecule has 0 spiro atoms. The molecule has 3 heteroatoms. The Morgan fingerprint density at radius 1 is 0.885 bits per heavy atom. The standard InChI is InChI=1S/C23H21N3/c1-16-9-7-13-20(18-10-5-4-6-11-18)22(16)26-17(2)25(3)23-19(15-24)12-8-14-21(23)26/h4-14,17H,1-3H3/t17-/m0/s1. The molecule has 0 radical (unpaired) electrons. The van der Waals surface area contributed by atoms with Crippen LogP contribution in [0.5, 0.6) is 0 Å². The van der Waals surface area contributed by atoms with Crippen LogP contribution in [-0.4, -0.2) is 13.2 Å². The summed E-state index contributed by atoms with van der Waals surface area (Å²) in [4.78, 5) is 4.54. The Morgan fingerprint density at radius 2 is 1.62 bits per heavy atom. The molecule has 0 aliphatic carbocycles. The lowest BCUT2D eigenvalue weighted by molar-refractivity contribution is 0.733. The molecule has 1 atom stereocenters. The maximum absolute atomic E-state index is 9.55. The third kappa shape index (κ3) is 2.34. The summed E-state index contributed by atoms with van der Waals surface area (Å²) in [6.07, 6.45) is 0.128. The molecule has 0 saturated carbocycles. The lowest BCUT2D eigenvalue weighted by Crippen LogP contribution is -2.36. The largest absolute Gasteiger partial charge is 0.351 e. The molecule has 0 N–H and O–H groups in total. The van der Waals surface area contributed by atoms with Crippen LogP contribution in [0.25, 0.3) is 11.1 Å². The van der Waals surface area contributed by atoms with E-state index >= 15 is 0 Å². The number of hydrogen-bond donors (Lipinski definition) is 0. The molecule has 4 rings (SSSR count). The van der Waals surface area contributed by atoms with E-state index in [4.69, 9.17) is 0 Å². The first-order valence-corrected chi connectivity index (χ1v) is 8.83. The molecule has 3 aromatic rings. The fraction of sp³-hybridized carbons (Fsp3) is 0.174. The summed E-state index contributed by atoms with van der Waals surface area (Å²) >= 11 is 0. The van der Waals surface area contributed by atoms with E-state index in [1.165, 1.54) is 22.4 Å². The zero-order valence-electron chi connectivity index (χ0n) is 15.3. The molecule has 1 heterocycles. The van der Waals surface area contributed by atoms with Crippen molar-refractivity contribution in [3.8, 4) is 17.2 Å². The molecule has 0 fully saturated rings. The first kappa shape index (κ1) is 16.2. The van der Waals surface area contributed by atoms with Crippen molar-refractivity contribution < 1.29 is 0 Å². The molecule has 128 valence electrons. The molecule has 26 heavy (non-hydrogen) atoms. The first-order valence-electron chi connectivity index (χ1n) is 8.83. The quantitative estimate of drug-likeness (QED) is 0.620. The van der Waals surface area contributed by atoms with Crippen molar-refractivity contribution in [1.82, 2.24) is 0 Å². The minimum absolute atomic E-state index is 0.128. The highest BCUT2D eigenvalue weighted by Gasteiger charge is 2.35. The molecular formula is C23H21N3. The number of para-hydroxylation sites is 2. The van der Waals surface area contributed by atoms with E-state index in [9.17, 15) is 5.26 Å². The number of nitrogens with zero attached hydrogens (tertiary/aromatic N) is 3. The summed E-state index contributed by atoms with van der Waals surface area (Å²) in [7, 11) is 2.06. The second-order valence-electron chi connectivity index (χ2n) is 6.73. The minimum Gasteiger partial charge on any atom is -0.351 e. The molecule has 0 bridgehead atoms. The summed E-state index contributed by atoms with van der Waals surface area (Å²) in [5, 5.41) is 9.55. The number of anilines is 3. The van der Waals surface area contributed by atoms with E-state index in [1.54, 1.807) is 0 Å². The van der Waals surface area contributed by atoms with Crippen LogP contribution in [0.1, 0.15) is 18.1 Å². The molecule has 3 nitrogen and oxygen atoms in total. The Kier molecular flexibility index (Phi) is 3.89. The van der Waals surface area contributed by atoms with E-state index in [0.29, 0.717) is 5.56 Å². The van der Waals surface area contributed by atoms with E-state index < -0.39 is 0 Å². The molecular weight excluding hydrogens is 318 g/mol. The van der Waals surface area contributed by atoms with Crippen LogP contribution in [-0.2, 0) is 0 Å². The van der Waals surface area contributed by atoms with E-state index in [-0.39, 0.29) is 6.17 Å². The maximum Gasteiger partial charge on any atom is 0.103 e. The van der Waals surface area contributed by atoms with Crippen molar-refractivity contribution in [1.29, 1.82) is 5.26 Å². The van der Waals surface area contributed by atoms with Crippen molar-refractivity contribution in [2.75, 3.05) is 16.8 Å². The van der Waals surface area contributed by atoms with Crippen molar-refractivity contribution in [2.45, 2.75) is 20.0 Å². The fourth-order valence-corrected chi connectivity index (χ4v) is 3.88. The van der Waals surface area contributed by atoms with Gasteiger partial charge in [-0.15, -0.1) is 0 Å². The van der Waals surface area contributed by atoms with Gasteiger partial charge in [0.2, 0.25) is 0 Å². The Hall–Kier alpha value is -3.25. The zero-order chi connectivity index (χ0) is 18.3. The van der Waals surface area contributed by atoms with Gasteiger partial charge in [0.05, 0.1) is 22.6 Å². The topological polar surface area (TPSA) is 30.3 Å². The van der Waals surface area contributed by atoms with Gasteiger partial charge in [-0.25, -0.2) is 0 Å². The first-order chi connectivity index (χ1) is 12.6. The van der Waals surface area contributed by atoms with Gasteiger partial charge in [0, 0.05) is 12.6 Å². The summed E-state index contributed by atoms with van der Waals surface area (Å²) in [6.45, 7) is 4.34. The van der Waals surface area contributed by atoms with E-state index in [0.717, 1.165) is 11.4 Å². The highest BCUT2D eigenvalue weighted by molar-refractivity contribution is 5.93. The lowest BCUT2D eigenvalue weighted by Gasteiger charge is -2.31. The van der Waals surface area contributed by atoms with Gasteiger partial charge in [0.25, 0.3) is 0 Å². The van der Waals surface area contributed by atoms with Crippen molar-refractivity contribution in [3.05, 3.63) is 77.9 Å². The van der Waals surface area contributed by atoms with Crippen LogP contribution in [0.4, 0.5) is 17.1 Å². The number of nitriles is 1. The number of aryl methyl sites for hydroxylation is 1. The van der Waals surface area contributed by atoms with Gasteiger partial charge in [0.1, 0.15) is 12.2 Å². The highest BCUT2D eigenvalue weighted by atomic mass is 15.4. The van der Waals surface area contributed by atoms with Crippen LogP contribution in [0.3, 0.4) is 0 Å². The maximum atomic E-state index is 9.55. The van der Waals surface area contributed by atoms with Crippen molar-refractivity contribution >= 4 is 17.1 Å². The molecule has 1 aliphatic rings. The highest BCUT2D eigenvalue weighted by Crippen LogP contribution is 2.48. The summed E-state index contributed by atoms with van der Waals surface area (Å²) in [5.41, 5.74) is 7.64. The monoisotopic (exact) mass is 339 g/mol. The number of fused-ring (bicyclic) bond motifs is 1. The van der Waals surface area contributed by atoms with E-state index in [1.807, 2.05) is 18.2 Å². The Morgan fingerprint density at radius 3 is 2.35 bits per heavy atom. The minimum atomic E-state index is 0.128. The number of rotatable bonds is 2. The van der Waals surface area contributed by atoms with Gasteiger partial charge in [-0.3, -0.25) is 0 Å². The lowest BCUT2D eigenvalue weighted by atomic mass is 9.99. The number of hydrogen-bond acceptors (Lipinski definition) is 3. The SMILES string of the molecule is Cc1cccc(-c2ccccc2)c1N1c2cccc(C#N)c2N(C)[C@@H]1C. The van der Waals surface area contributed by atoms with Gasteiger partial charge in [-0.1, -0.05) is 54.6 Å². The van der Waals surface area contributed by atoms with Gasteiger partial charge >= 0.3 is 0 Å². The van der Waals surface area contributed by atoms with E-state index in [2.05, 4.69) is 85.3 Å². The molecule has 0 amide bonds. The summed E-state index contributed by atoms with van der Waals surface area (Å²) in [6, 6.07) is 25.2. The van der Waals surface area contributed by atoms with Crippen LogP contribution in [0.2, 0.25) is 0 Å². The van der Waals surface area contributed by atoms with Crippen LogP contribution >= 0.6 is 0 Å². The Balaban J connectivity index is 1.98. The molecule has 0 saturated heterocycles. The van der Waals surface area contributed by atoms with Crippen molar-refractivity contribution in [2.24, 2.45) is 0 Å². The summed E-state index contributed by atoms with van der Waals surface area (Å²) < 4.78 is 0. The van der Waals surface area contributed by atoms with Gasteiger partial charge < -0.3 is 9.80 Å². The number of benzene rings is 3. The van der Waals surface area contributed by atoms with Crippen LogP contribution < -0.4 is 9.80 Å². The molecule has 3 aromatic carbocycles. The smallest absolute Gasteiger partial charge is 0.103 e. The second-order valence-corrected chi connectivity index (χ2v) is 6.73. The Bertz CT molecular complexity index is 1000. The molecule has 0 aromatic heterocycles. The normalized spacial score (nSPS) is 15.7. The van der Waals surface area contributed by atoms with Gasteiger partial charge in [0.15, 0.2) is 0 Å². The van der Waals surface area contributed by atoms with Crippen LogP contribution in [0, 0.1) is 18.3 Å². The van der Waals surface area contributed by atoms with Crippen LogP contribution in [0.15, 0.2) is 66.7 Å². The third-order valence-corrected chi connectivity index (χ3v) is 5.25. The van der Waals surface area contributed by atoms with Gasteiger partial charge in [-0.05, 0) is 37.1 Å². The fourth-order valence-electron chi connectivity index (χ4n) is 3.88. The Labute approximate surface area is 154 Å². The van der Waals surface area contributed by atoms with Crippen molar-refractivity contribution in [3.63, 3.8) is 0 Å². The zero-order valence-corrected chi connectivity index (χ0v) is 15.3.